The van der Waals surface area contributed by atoms with E-state index in [0.717, 1.165) is 36.8 Å². The molecule has 0 heterocycles. The lowest BCUT2D eigenvalue weighted by Crippen LogP contribution is -1.95. The molecule has 4 nitrogen and oxygen atoms in total. The standard InChI is InChI=1S/2C10H16O2/c2*1-8(2)5-4-6-9(3)7-10(11)12/h5,7H,4,6H2,1-3H3,(H,11,12);5H,3-4,6-7H2,1-2H3,(H,11,12). The van der Waals surface area contributed by atoms with E-state index < -0.39 is 11.9 Å². The van der Waals surface area contributed by atoms with E-state index >= 15 is 0 Å². The van der Waals surface area contributed by atoms with Crippen molar-refractivity contribution in [2.75, 3.05) is 0 Å². The number of allylic oxidation sites excluding steroid dienone is 5. The first-order valence-electron chi connectivity index (χ1n) is 8.09. The fourth-order valence-corrected chi connectivity index (χ4v) is 1.74. The lowest BCUT2D eigenvalue weighted by atomic mass is 10.1. The highest BCUT2D eigenvalue weighted by molar-refractivity contribution is 5.80. The monoisotopic (exact) mass is 336 g/mol. The number of hydrogen-bond donors (Lipinski definition) is 2. The summed E-state index contributed by atoms with van der Waals surface area (Å²) in [6, 6.07) is 0. The summed E-state index contributed by atoms with van der Waals surface area (Å²) in [5.74, 6) is -1.65. The lowest BCUT2D eigenvalue weighted by molar-refractivity contribution is -0.136. The molecule has 0 aromatic rings. The minimum Gasteiger partial charge on any atom is -0.481 e. The molecular weight excluding hydrogens is 304 g/mol. The molecule has 0 amide bonds. The maximum Gasteiger partial charge on any atom is 0.328 e. The van der Waals surface area contributed by atoms with E-state index in [0.29, 0.717) is 0 Å². The maximum atomic E-state index is 10.2. The third kappa shape index (κ3) is 22.2. The van der Waals surface area contributed by atoms with Gasteiger partial charge in [0, 0.05) is 6.08 Å². The number of carbonyl (C=O) groups is 2. The highest BCUT2D eigenvalue weighted by Gasteiger charge is 1.99. The lowest BCUT2D eigenvalue weighted by Gasteiger charge is -1.98. The van der Waals surface area contributed by atoms with Crippen molar-refractivity contribution in [1.82, 2.24) is 0 Å². The Morgan fingerprint density at radius 1 is 0.875 bits per heavy atom. The van der Waals surface area contributed by atoms with Crippen LogP contribution >= 0.6 is 0 Å². The normalized spacial score (nSPS) is 10.1. The quantitative estimate of drug-likeness (QED) is 0.429. The topological polar surface area (TPSA) is 74.6 Å². The second-order valence-electron chi connectivity index (χ2n) is 6.29. The summed E-state index contributed by atoms with van der Waals surface area (Å²) in [5, 5.41) is 16.8. The van der Waals surface area contributed by atoms with E-state index in [4.69, 9.17) is 10.2 Å². The van der Waals surface area contributed by atoms with Gasteiger partial charge in [0.1, 0.15) is 0 Å². The highest BCUT2D eigenvalue weighted by Crippen LogP contribution is 2.08. The highest BCUT2D eigenvalue weighted by atomic mass is 16.4. The van der Waals surface area contributed by atoms with Gasteiger partial charge in [-0.25, -0.2) is 4.79 Å². The van der Waals surface area contributed by atoms with Gasteiger partial charge >= 0.3 is 11.9 Å². The second-order valence-corrected chi connectivity index (χ2v) is 6.29. The summed E-state index contributed by atoms with van der Waals surface area (Å²) in [7, 11) is 0. The molecule has 0 rings (SSSR count). The van der Waals surface area contributed by atoms with Crippen molar-refractivity contribution in [2.45, 2.75) is 66.7 Å². The Morgan fingerprint density at radius 2 is 1.33 bits per heavy atom. The molecule has 0 aliphatic heterocycles. The van der Waals surface area contributed by atoms with Crippen LogP contribution in [0.1, 0.15) is 66.7 Å². The van der Waals surface area contributed by atoms with Crippen LogP contribution in [-0.2, 0) is 9.59 Å². The molecule has 0 aliphatic rings. The average molecular weight is 336 g/mol. The molecule has 4 heteroatoms. The predicted molar refractivity (Wildman–Crippen MR) is 100 cm³/mol. The van der Waals surface area contributed by atoms with Crippen LogP contribution in [0.3, 0.4) is 0 Å². The molecule has 2 N–H and O–H groups in total. The first-order chi connectivity index (χ1) is 11.0. The molecule has 0 radical (unpaired) electrons. The van der Waals surface area contributed by atoms with Gasteiger partial charge in [-0.1, -0.05) is 41.0 Å². The molecule has 24 heavy (non-hydrogen) atoms. The molecule has 0 aromatic heterocycles. The summed E-state index contributed by atoms with van der Waals surface area (Å²) < 4.78 is 0. The van der Waals surface area contributed by atoms with Crippen LogP contribution in [0.2, 0.25) is 0 Å². The first-order valence-corrected chi connectivity index (χ1v) is 8.09. The first kappa shape index (κ1) is 24.2. The Kier molecular flexibility index (Phi) is 14.6. The van der Waals surface area contributed by atoms with Gasteiger partial charge in [-0.3, -0.25) is 4.79 Å². The molecular formula is C20H32O4. The summed E-state index contributed by atoms with van der Waals surface area (Å²) in [6.45, 7) is 13.7. The number of rotatable bonds is 9. The van der Waals surface area contributed by atoms with Gasteiger partial charge in [0.2, 0.25) is 0 Å². The minimum atomic E-state index is -0.857. The van der Waals surface area contributed by atoms with Crippen molar-refractivity contribution in [1.29, 1.82) is 0 Å². The fourth-order valence-electron chi connectivity index (χ4n) is 1.74. The third-order valence-electron chi connectivity index (χ3n) is 2.91. The largest absolute Gasteiger partial charge is 0.481 e. The molecule has 0 aliphatic carbocycles. The van der Waals surface area contributed by atoms with Crippen molar-refractivity contribution in [3.63, 3.8) is 0 Å². The van der Waals surface area contributed by atoms with Gasteiger partial charge in [-0.15, -0.1) is 0 Å². The van der Waals surface area contributed by atoms with Gasteiger partial charge in [0.15, 0.2) is 0 Å². The van der Waals surface area contributed by atoms with Crippen LogP contribution in [0.5, 0.6) is 0 Å². The molecule has 0 saturated heterocycles. The Hall–Kier alpha value is -2.10. The fraction of sp³-hybridized carbons (Fsp3) is 0.500. The third-order valence-corrected chi connectivity index (χ3v) is 2.91. The number of aliphatic carboxylic acids is 2. The SMILES string of the molecule is C=C(CCC=C(C)C)CC(=O)O.CC(C)=CCCC(C)=CC(=O)O. The van der Waals surface area contributed by atoms with Gasteiger partial charge in [0.25, 0.3) is 0 Å². The summed E-state index contributed by atoms with van der Waals surface area (Å²) in [4.78, 5) is 20.4. The average Bonchev–Trinajstić information content (AvgIpc) is 2.36. The van der Waals surface area contributed by atoms with E-state index in [-0.39, 0.29) is 6.42 Å². The van der Waals surface area contributed by atoms with E-state index in [9.17, 15) is 9.59 Å². The van der Waals surface area contributed by atoms with Crippen molar-refractivity contribution >= 4 is 11.9 Å². The van der Waals surface area contributed by atoms with Crippen LogP contribution in [0.15, 0.2) is 47.1 Å². The molecule has 136 valence electrons. The van der Waals surface area contributed by atoms with Crippen LogP contribution < -0.4 is 0 Å². The Balaban J connectivity index is 0. The van der Waals surface area contributed by atoms with E-state index in [1.54, 1.807) is 0 Å². The van der Waals surface area contributed by atoms with Crippen LogP contribution in [0.25, 0.3) is 0 Å². The zero-order valence-electron chi connectivity index (χ0n) is 15.7. The molecule has 0 saturated carbocycles. The van der Waals surface area contributed by atoms with Crippen molar-refractivity contribution in [2.24, 2.45) is 0 Å². The Bertz CT molecular complexity index is 500. The number of carboxylic acid groups (broad SMARTS) is 2. The molecule has 0 bridgehead atoms. The second kappa shape index (κ2) is 14.5. The Labute approximate surface area is 146 Å². The van der Waals surface area contributed by atoms with Crippen LogP contribution in [0.4, 0.5) is 0 Å². The maximum absolute atomic E-state index is 10.2. The van der Waals surface area contributed by atoms with E-state index in [1.165, 1.54) is 17.2 Å². The van der Waals surface area contributed by atoms with Gasteiger partial charge in [-0.2, -0.15) is 0 Å². The summed E-state index contributed by atoms with van der Waals surface area (Å²) in [5.41, 5.74) is 4.25. The molecule has 0 aromatic carbocycles. The summed E-state index contributed by atoms with van der Waals surface area (Å²) in [6.07, 6.45) is 8.99. The van der Waals surface area contributed by atoms with Crippen LogP contribution in [-0.4, -0.2) is 22.2 Å². The van der Waals surface area contributed by atoms with Crippen molar-refractivity contribution in [3.05, 3.63) is 47.1 Å². The minimum absolute atomic E-state index is 0.0939. The molecule has 0 spiro atoms. The summed E-state index contributed by atoms with van der Waals surface area (Å²) >= 11 is 0. The van der Waals surface area contributed by atoms with Crippen molar-refractivity contribution in [3.8, 4) is 0 Å². The van der Waals surface area contributed by atoms with Gasteiger partial charge in [0.05, 0.1) is 6.42 Å². The number of hydrogen-bond acceptors (Lipinski definition) is 2. The zero-order chi connectivity index (χ0) is 19.1. The zero-order valence-corrected chi connectivity index (χ0v) is 15.7. The smallest absolute Gasteiger partial charge is 0.328 e. The van der Waals surface area contributed by atoms with Crippen molar-refractivity contribution < 1.29 is 19.8 Å². The van der Waals surface area contributed by atoms with Gasteiger partial charge < -0.3 is 10.2 Å². The van der Waals surface area contributed by atoms with E-state index in [2.05, 4.69) is 18.7 Å². The predicted octanol–water partition coefficient (Wildman–Crippen LogP) is 5.53. The molecule has 0 atom stereocenters. The van der Waals surface area contributed by atoms with E-state index in [1.807, 2.05) is 34.6 Å². The Morgan fingerprint density at radius 3 is 1.71 bits per heavy atom. The van der Waals surface area contributed by atoms with Crippen LogP contribution in [0, 0.1) is 0 Å². The molecule has 0 unspecified atom stereocenters. The van der Waals surface area contributed by atoms with Gasteiger partial charge in [-0.05, 0) is 60.3 Å². The molecule has 0 fully saturated rings. The number of carboxylic acids is 2.